The van der Waals surface area contributed by atoms with E-state index < -0.39 is 11.8 Å². The van der Waals surface area contributed by atoms with Gasteiger partial charge in [-0.2, -0.15) is 0 Å². The van der Waals surface area contributed by atoms with Gasteiger partial charge in [-0.1, -0.05) is 13.3 Å². The number of hydrogen-bond donors (Lipinski definition) is 1. The van der Waals surface area contributed by atoms with Gasteiger partial charge in [-0.25, -0.2) is 0 Å². The molecule has 4 nitrogen and oxygen atoms in total. The fraction of sp³-hybridized carbons (Fsp3) is 0.571. The Morgan fingerprint density at radius 1 is 1.50 bits per heavy atom. The topological polar surface area (TPSA) is 49.4 Å². The highest BCUT2D eigenvalue weighted by atomic mass is 32.1. The molecule has 1 heterocycles. The molecule has 1 rings (SSSR count). The van der Waals surface area contributed by atoms with Gasteiger partial charge in [0.1, 0.15) is 0 Å². The standard InChI is InChI=1S/C7H10N2O2S/c1-2-3-4-9-6(11)5(10)8-7(9)12/h2-4H2,1H3,(H,8,10,12). The summed E-state index contributed by atoms with van der Waals surface area (Å²) in [6, 6.07) is 0. The van der Waals surface area contributed by atoms with Gasteiger partial charge in [-0.15, -0.1) is 0 Å². The average Bonchev–Trinajstić information content (AvgIpc) is 2.25. The molecule has 1 aliphatic heterocycles. The minimum Gasteiger partial charge on any atom is -0.294 e. The first-order chi connectivity index (χ1) is 5.66. The van der Waals surface area contributed by atoms with Crippen LogP contribution < -0.4 is 5.32 Å². The molecule has 0 aromatic carbocycles. The molecule has 0 atom stereocenters. The molecule has 0 radical (unpaired) electrons. The molecule has 0 spiro atoms. The van der Waals surface area contributed by atoms with E-state index in [1.165, 1.54) is 4.90 Å². The zero-order valence-corrected chi connectivity index (χ0v) is 7.61. The van der Waals surface area contributed by atoms with Crippen LogP contribution in [0.3, 0.4) is 0 Å². The summed E-state index contributed by atoms with van der Waals surface area (Å²) >= 11 is 4.78. The maximum Gasteiger partial charge on any atom is 0.318 e. The largest absolute Gasteiger partial charge is 0.318 e. The summed E-state index contributed by atoms with van der Waals surface area (Å²) in [5.41, 5.74) is 0. The molecule has 1 fully saturated rings. The minimum absolute atomic E-state index is 0.235. The Labute approximate surface area is 75.9 Å². The molecular formula is C7H10N2O2S. The van der Waals surface area contributed by atoms with Crippen molar-refractivity contribution in [2.45, 2.75) is 19.8 Å². The van der Waals surface area contributed by atoms with Gasteiger partial charge in [0.05, 0.1) is 0 Å². The van der Waals surface area contributed by atoms with E-state index in [1.54, 1.807) is 0 Å². The van der Waals surface area contributed by atoms with Crippen molar-refractivity contribution in [1.82, 2.24) is 10.2 Å². The van der Waals surface area contributed by atoms with E-state index in [-0.39, 0.29) is 5.11 Å². The molecule has 0 aromatic heterocycles. The number of hydrogen-bond acceptors (Lipinski definition) is 3. The second-order valence-corrected chi connectivity index (χ2v) is 2.96. The zero-order valence-electron chi connectivity index (χ0n) is 6.79. The van der Waals surface area contributed by atoms with Crippen LogP contribution in [0.25, 0.3) is 0 Å². The Morgan fingerprint density at radius 3 is 2.58 bits per heavy atom. The molecular weight excluding hydrogens is 176 g/mol. The fourth-order valence-corrected chi connectivity index (χ4v) is 1.22. The molecule has 1 N–H and O–H groups in total. The molecule has 5 heteroatoms. The van der Waals surface area contributed by atoms with Crippen LogP contribution in [-0.4, -0.2) is 28.4 Å². The number of thiocarbonyl (C=S) groups is 1. The lowest BCUT2D eigenvalue weighted by molar-refractivity contribution is -0.140. The third kappa shape index (κ3) is 1.61. The average molecular weight is 186 g/mol. The summed E-state index contributed by atoms with van der Waals surface area (Å²) in [5.74, 6) is -1.15. The second kappa shape index (κ2) is 3.62. The predicted molar refractivity (Wildman–Crippen MR) is 47.4 cm³/mol. The van der Waals surface area contributed by atoms with E-state index in [1.807, 2.05) is 6.92 Å². The number of nitrogens with one attached hydrogen (secondary N) is 1. The molecule has 66 valence electrons. The Balaban J connectivity index is 2.58. The van der Waals surface area contributed by atoms with Gasteiger partial charge in [0.15, 0.2) is 5.11 Å². The monoisotopic (exact) mass is 186 g/mol. The van der Waals surface area contributed by atoms with Crippen LogP contribution in [0, 0.1) is 0 Å². The first kappa shape index (κ1) is 9.12. The molecule has 0 bridgehead atoms. The van der Waals surface area contributed by atoms with Crippen LogP contribution in [0.4, 0.5) is 0 Å². The molecule has 0 unspecified atom stereocenters. The van der Waals surface area contributed by atoms with Gasteiger partial charge >= 0.3 is 11.8 Å². The summed E-state index contributed by atoms with van der Waals surface area (Å²) in [5, 5.41) is 2.53. The van der Waals surface area contributed by atoms with E-state index in [0.717, 1.165) is 12.8 Å². The zero-order chi connectivity index (χ0) is 9.14. The van der Waals surface area contributed by atoms with E-state index in [4.69, 9.17) is 12.2 Å². The summed E-state index contributed by atoms with van der Waals surface area (Å²) in [6.07, 6.45) is 1.83. The minimum atomic E-state index is -0.615. The number of carbonyl (C=O) groups is 2. The number of rotatable bonds is 3. The smallest absolute Gasteiger partial charge is 0.294 e. The van der Waals surface area contributed by atoms with Gasteiger partial charge in [-0.05, 0) is 18.6 Å². The molecule has 2 amide bonds. The quantitative estimate of drug-likeness (QED) is 0.499. The molecule has 1 aliphatic rings. The molecule has 0 aromatic rings. The van der Waals surface area contributed by atoms with Crippen molar-refractivity contribution >= 4 is 29.1 Å². The molecule has 0 saturated carbocycles. The van der Waals surface area contributed by atoms with Crippen molar-refractivity contribution in [3.05, 3.63) is 0 Å². The maximum atomic E-state index is 11.0. The number of carbonyl (C=O) groups excluding carboxylic acids is 2. The SMILES string of the molecule is CCCCN1C(=O)C(=O)NC1=S. The number of nitrogens with zero attached hydrogens (tertiary/aromatic N) is 1. The Kier molecular flexibility index (Phi) is 2.75. The highest BCUT2D eigenvalue weighted by Gasteiger charge is 2.32. The van der Waals surface area contributed by atoms with Gasteiger partial charge in [0.2, 0.25) is 0 Å². The van der Waals surface area contributed by atoms with Crippen LogP contribution in [0.5, 0.6) is 0 Å². The van der Waals surface area contributed by atoms with Crippen molar-refractivity contribution in [3.8, 4) is 0 Å². The normalized spacial score (nSPS) is 17.1. The van der Waals surface area contributed by atoms with Crippen LogP contribution in [0.2, 0.25) is 0 Å². The van der Waals surface area contributed by atoms with Crippen LogP contribution in [0.1, 0.15) is 19.8 Å². The lowest BCUT2D eigenvalue weighted by atomic mass is 10.3. The summed E-state index contributed by atoms with van der Waals surface area (Å²) in [6.45, 7) is 2.55. The van der Waals surface area contributed by atoms with Gasteiger partial charge in [0, 0.05) is 6.54 Å². The highest BCUT2D eigenvalue weighted by molar-refractivity contribution is 7.80. The van der Waals surface area contributed by atoms with Crippen molar-refractivity contribution < 1.29 is 9.59 Å². The third-order valence-electron chi connectivity index (χ3n) is 1.64. The Bertz CT molecular complexity index is 240. The summed E-state index contributed by atoms with van der Waals surface area (Å²) < 4.78 is 0. The van der Waals surface area contributed by atoms with Crippen LogP contribution in [0.15, 0.2) is 0 Å². The highest BCUT2D eigenvalue weighted by Crippen LogP contribution is 2.02. The Morgan fingerprint density at radius 2 is 2.17 bits per heavy atom. The van der Waals surface area contributed by atoms with Crippen LogP contribution >= 0.6 is 12.2 Å². The van der Waals surface area contributed by atoms with Crippen molar-refractivity contribution in [2.75, 3.05) is 6.54 Å². The molecule has 12 heavy (non-hydrogen) atoms. The van der Waals surface area contributed by atoms with E-state index in [0.29, 0.717) is 6.54 Å². The van der Waals surface area contributed by atoms with Crippen molar-refractivity contribution in [2.24, 2.45) is 0 Å². The van der Waals surface area contributed by atoms with E-state index >= 15 is 0 Å². The summed E-state index contributed by atoms with van der Waals surface area (Å²) in [4.78, 5) is 23.1. The van der Waals surface area contributed by atoms with Crippen molar-refractivity contribution in [3.63, 3.8) is 0 Å². The van der Waals surface area contributed by atoms with Crippen LogP contribution in [-0.2, 0) is 9.59 Å². The van der Waals surface area contributed by atoms with Crippen molar-refractivity contribution in [1.29, 1.82) is 0 Å². The molecule has 1 saturated heterocycles. The van der Waals surface area contributed by atoms with Gasteiger partial charge < -0.3 is 0 Å². The fourth-order valence-electron chi connectivity index (χ4n) is 0.952. The number of unbranched alkanes of at least 4 members (excludes halogenated alkanes) is 1. The van der Waals surface area contributed by atoms with Gasteiger partial charge in [-0.3, -0.25) is 19.8 Å². The maximum absolute atomic E-state index is 11.0. The van der Waals surface area contributed by atoms with Gasteiger partial charge in [0.25, 0.3) is 0 Å². The lowest BCUT2D eigenvalue weighted by Crippen LogP contribution is -2.31. The number of amides is 2. The second-order valence-electron chi connectivity index (χ2n) is 2.57. The first-order valence-corrected chi connectivity index (χ1v) is 4.24. The Hall–Kier alpha value is -0.970. The van der Waals surface area contributed by atoms with E-state index in [9.17, 15) is 9.59 Å². The summed E-state index contributed by atoms with van der Waals surface area (Å²) in [7, 11) is 0. The predicted octanol–water partition coefficient (Wildman–Crippen LogP) is 0.0298. The molecule has 0 aliphatic carbocycles. The lowest BCUT2D eigenvalue weighted by Gasteiger charge is -2.11. The van der Waals surface area contributed by atoms with E-state index in [2.05, 4.69) is 5.32 Å². The first-order valence-electron chi connectivity index (χ1n) is 3.83. The third-order valence-corrected chi connectivity index (χ3v) is 1.96.